The van der Waals surface area contributed by atoms with Crippen LogP contribution in [0.1, 0.15) is 32.3 Å². The first-order valence-corrected chi connectivity index (χ1v) is 6.54. The van der Waals surface area contributed by atoms with Crippen molar-refractivity contribution in [3.05, 3.63) is 29.0 Å². The van der Waals surface area contributed by atoms with Crippen LogP contribution < -0.4 is 5.32 Å². The molecule has 1 unspecified atom stereocenters. The smallest absolute Gasteiger partial charge is 0.129 e. The van der Waals surface area contributed by atoms with Crippen molar-refractivity contribution < 1.29 is 5.11 Å². The topological polar surface area (TPSA) is 45.1 Å². The van der Waals surface area contributed by atoms with Gasteiger partial charge in [-0.1, -0.05) is 44.4 Å². The molecule has 1 heterocycles. The molecule has 1 aromatic heterocycles. The summed E-state index contributed by atoms with van der Waals surface area (Å²) in [5, 5.41) is 13.7. The average molecular weight is 257 g/mol. The standard InChI is InChI=1S/C13H21ClN2O/c1-3-11(4-2)12(17)9-15-7-10-5-6-13(14)16-8-10/h5-6,8,11-12,15,17H,3-4,7,9H2,1-2H3. The van der Waals surface area contributed by atoms with Gasteiger partial charge in [0.25, 0.3) is 0 Å². The van der Waals surface area contributed by atoms with Crippen molar-refractivity contribution in [3.63, 3.8) is 0 Å². The minimum absolute atomic E-state index is 0.273. The zero-order valence-electron chi connectivity index (χ0n) is 10.5. The molecular weight excluding hydrogens is 236 g/mol. The summed E-state index contributed by atoms with van der Waals surface area (Å²) in [5.41, 5.74) is 1.08. The van der Waals surface area contributed by atoms with E-state index < -0.39 is 0 Å². The van der Waals surface area contributed by atoms with E-state index in [-0.39, 0.29) is 6.10 Å². The molecule has 17 heavy (non-hydrogen) atoms. The maximum absolute atomic E-state index is 9.93. The predicted molar refractivity (Wildman–Crippen MR) is 71.0 cm³/mol. The van der Waals surface area contributed by atoms with Crippen LogP contribution in [0.25, 0.3) is 0 Å². The van der Waals surface area contributed by atoms with Crippen LogP contribution in [0.15, 0.2) is 18.3 Å². The van der Waals surface area contributed by atoms with Crippen molar-refractivity contribution >= 4 is 11.6 Å². The van der Waals surface area contributed by atoms with E-state index >= 15 is 0 Å². The Morgan fingerprint density at radius 1 is 1.35 bits per heavy atom. The number of halogens is 1. The Bertz CT molecular complexity index is 312. The van der Waals surface area contributed by atoms with Gasteiger partial charge in [0.05, 0.1) is 6.10 Å². The lowest BCUT2D eigenvalue weighted by molar-refractivity contribution is 0.101. The third kappa shape index (κ3) is 5.02. The van der Waals surface area contributed by atoms with Crippen LogP contribution in [0, 0.1) is 5.92 Å². The lowest BCUT2D eigenvalue weighted by Gasteiger charge is -2.20. The maximum Gasteiger partial charge on any atom is 0.129 e. The third-order valence-corrected chi connectivity index (χ3v) is 3.29. The number of hydrogen-bond donors (Lipinski definition) is 2. The molecule has 1 rings (SSSR count). The maximum atomic E-state index is 9.93. The SMILES string of the molecule is CCC(CC)C(O)CNCc1ccc(Cl)nc1. The molecule has 1 aromatic rings. The van der Waals surface area contributed by atoms with Crippen molar-refractivity contribution in [1.29, 1.82) is 0 Å². The van der Waals surface area contributed by atoms with E-state index in [2.05, 4.69) is 24.1 Å². The fraction of sp³-hybridized carbons (Fsp3) is 0.615. The molecule has 0 fully saturated rings. The first kappa shape index (κ1) is 14.4. The minimum atomic E-state index is -0.273. The Hall–Kier alpha value is -0.640. The second-order valence-electron chi connectivity index (χ2n) is 4.26. The monoisotopic (exact) mass is 256 g/mol. The summed E-state index contributed by atoms with van der Waals surface area (Å²) in [5.74, 6) is 0.380. The number of pyridine rings is 1. The first-order valence-electron chi connectivity index (χ1n) is 6.16. The molecule has 0 aliphatic heterocycles. The zero-order valence-corrected chi connectivity index (χ0v) is 11.2. The average Bonchev–Trinajstić information content (AvgIpc) is 2.33. The second-order valence-corrected chi connectivity index (χ2v) is 4.65. The van der Waals surface area contributed by atoms with Gasteiger partial charge in [-0.2, -0.15) is 0 Å². The lowest BCUT2D eigenvalue weighted by atomic mass is 9.96. The molecule has 0 saturated carbocycles. The lowest BCUT2D eigenvalue weighted by Crippen LogP contribution is -2.32. The molecule has 0 saturated heterocycles. The van der Waals surface area contributed by atoms with Crippen LogP contribution in [0.5, 0.6) is 0 Å². The molecule has 2 N–H and O–H groups in total. The highest BCUT2D eigenvalue weighted by molar-refractivity contribution is 6.29. The second kappa shape index (κ2) is 7.64. The predicted octanol–water partition coefficient (Wildman–Crippen LogP) is 2.62. The summed E-state index contributed by atoms with van der Waals surface area (Å²) >= 11 is 5.70. The summed E-state index contributed by atoms with van der Waals surface area (Å²) < 4.78 is 0. The Balaban J connectivity index is 2.30. The van der Waals surface area contributed by atoms with Gasteiger partial charge in [-0.05, 0) is 17.5 Å². The van der Waals surface area contributed by atoms with Gasteiger partial charge in [-0.3, -0.25) is 0 Å². The molecule has 0 spiro atoms. The van der Waals surface area contributed by atoms with Gasteiger partial charge in [-0.25, -0.2) is 4.98 Å². The fourth-order valence-corrected chi connectivity index (χ4v) is 1.99. The van der Waals surface area contributed by atoms with E-state index in [4.69, 9.17) is 11.6 Å². The highest BCUT2D eigenvalue weighted by atomic mass is 35.5. The van der Waals surface area contributed by atoms with Crippen LogP contribution in [0.3, 0.4) is 0 Å². The highest BCUT2D eigenvalue weighted by Crippen LogP contribution is 2.12. The molecule has 0 aromatic carbocycles. The molecule has 1 atom stereocenters. The minimum Gasteiger partial charge on any atom is -0.392 e. The van der Waals surface area contributed by atoms with Crippen LogP contribution in [0.4, 0.5) is 0 Å². The molecule has 3 nitrogen and oxygen atoms in total. The van der Waals surface area contributed by atoms with E-state index in [0.29, 0.717) is 24.2 Å². The molecule has 0 aliphatic carbocycles. The van der Waals surface area contributed by atoms with E-state index in [1.807, 2.05) is 6.07 Å². The van der Waals surface area contributed by atoms with Crippen molar-refractivity contribution in [2.45, 2.75) is 39.3 Å². The Morgan fingerprint density at radius 3 is 2.59 bits per heavy atom. The summed E-state index contributed by atoms with van der Waals surface area (Å²) in [6.07, 6.45) is 3.51. The Labute approximate surface area is 108 Å². The Kier molecular flexibility index (Phi) is 6.48. The van der Waals surface area contributed by atoms with Crippen LogP contribution in [0.2, 0.25) is 5.15 Å². The first-order chi connectivity index (χ1) is 8.17. The van der Waals surface area contributed by atoms with Crippen molar-refractivity contribution in [1.82, 2.24) is 10.3 Å². The van der Waals surface area contributed by atoms with Gasteiger partial charge >= 0.3 is 0 Å². The third-order valence-electron chi connectivity index (χ3n) is 3.06. The molecule has 0 aliphatic rings. The van der Waals surface area contributed by atoms with Gasteiger partial charge in [0.1, 0.15) is 5.15 Å². The van der Waals surface area contributed by atoms with E-state index in [1.54, 1.807) is 12.3 Å². The molecule has 0 amide bonds. The molecular formula is C13H21ClN2O. The summed E-state index contributed by atoms with van der Waals surface area (Å²) in [6, 6.07) is 3.71. The zero-order chi connectivity index (χ0) is 12.7. The number of aromatic nitrogens is 1. The van der Waals surface area contributed by atoms with Gasteiger partial charge in [-0.15, -0.1) is 0 Å². The van der Waals surface area contributed by atoms with Crippen LogP contribution in [-0.4, -0.2) is 22.7 Å². The number of hydrogen-bond acceptors (Lipinski definition) is 3. The van der Waals surface area contributed by atoms with Crippen molar-refractivity contribution in [3.8, 4) is 0 Å². The van der Waals surface area contributed by atoms with E-state index in [9.17, 15) is 5.11 Å². The number of aliphatic hydroxyl groups excluding tert-OH is 1. The summed E-state index contributed by atoms with van der Waals surface area (Å²) in [4.78, 5) is 4.01. The van der Waals surface area contributed by atoms with Gasteiger partial charge < -0.3 is 10.4 Å². The number of aliphatic hydroxyl groups is 1. The van der Waals surface area contributed by atoms with Gasteiger partial charge in [0.2, 0.25) is 0 Å². The van der Waals surface area contributed by atoms with Gasteiger partial charge in [0.15, 0.2) is 0 Å². The largest absolute Gasteiger partial charge is 0.392 e. The summed E-state index contributed by atoms with van der Waals surface area (Å²) in [7, 11) is 0. The summed E-state index contributed by atoms with van der Waals surface area (Å²) in [6.45, 7) is 5.55. The highest BCUT2D eigenvalue weighted by Gasteiger charge is 2.14. The number of nitrogens with one attached hydrogen (secondary N) is 1. The molecule has 96 valence electrons. The molecule has 4 heteroatoms. The van der Waals surface area contributed by atoms with Crippen molar-refractivity contribution in [2.75, 3.05) is 6.54 Å². The van der Waals surface area contributed by atoms with E-state index in [0.717, 1.165) is 18.4 Å². The van der Waals surface area contributed by atoms with Gasteiger partial charge in [0, 0.05) is 19.3 Å². The number of rotatable bonds is 7. The van der Waals surface area contributed by atoms with Crippen LogP contribution >= 0.6 is 11.6 Å². The number of nitrogens with zero attached hydrogens (tertiary/aromatic N) is 1. The fourth-order valence-electron chi connectivity index (χ4n) is 1.87. The normalized spacial score (nSPS) is 13.0. The Morgan fingerprint density at radius 2 is 2.06 bits per heavy atom. The van der Waals surface area contributed by atoms with Crippen molar-refractivity contribution in [2.24, 2.45) is 5.92 Å². The molecule has 0 radical (unpaired) electrons. The van der Waals surface area contributed by atoms with Crippen LogP contribution in [-0.2, 0) is 6.54 Å². The quantitative estimate of drug-likeness (QED) is 0.738. The van der Waals surface area contributed by atoms with E-state index in [1.165, 1.54) is 0 Å². The molecule has 0 bridgehead atoms.